The van der Waals surface area contributed by atoms with Gasteiger partial charge < -0.3 is 15.5 Å². The van der Waals surface area contributed by atoms with Gasteiger partial charge in [0, 0.05) is 6.42 Å². The van der Waals surface area contributed by atoms with E-state index >= 15 is 0 Å². The van der Waals surface area contributed by atoms with Gasteiger partial charge in [-0.15, -0.1) is 0 Å². The zero-order valence-electron chi connectivity index (χ0n) is 49.9. The average Bonchev–Trinajstić information content (AvgIpc) is 3.43. The summed E-state index contributed by atoms with van der Waals surface area (Å²) >= 11 is 0. The van der Waals surface area contributed by atoms with Gasteiger partial charge in [0.05, 0.1) is 18.8 Å². The van der Waals surface area contributed by atoms with Crippen LogP contribution in [0.3, 0.4) is 0 Å². The highest BCUT2D eigenvalue weighted by atomic mass is 16.3. The summed E-state index contributed by atoms with van der Waals surface area (Å²) in [5, 5.41) is 23.2. The quantitative estimate of drug-likeness (QED) is 0.0420. The molecule has 2 unspecified atom stereocenters. The van der Waals surface area contributed by atoms with Crippen molar-refractivity contribution in [2.24, 2.45) is 0 Å². The molecule has 0 fully saturated rings. The third kappa shape index (κ3) is 62.5. The second-order valence-corrected chi connectivity index (χ2v) is 20.7. The van der Waals surface area contributed by atoms with Crippen LogP contribution in [0.2, 0.25) is 0 Å². The highest BCUT2D eigenvalue weighted by molar-refractivity contribution is 5.76. The first kappa shape index (κ1) is 72.8. The maximum Gasteiger partial charge on any atom is 0.220 e. The van der Waals surface area contributed by atoms with Crippen LogP contribution in [0.4, 0.5) is 0 Å². The van der Waals surface area contributed by atoms with E-state index in [1.807, 2.05) is 6.08 Å². The molecule has 0 aliphatic carbocycles. The van der Waals surface area contributed by atoms with Crippen molar-refractivity contribution in [3.63, 3.8) is 0 Å². The van der Waals surface area contributed by atoms with Gasteiger partial charge in [0.25, 0.3) is 0 Å². The van der Waals surface area contributed by atoms with Gasteiger partial charge in [-0.1, -0.05) is 300 Å². The fourth-order valence-corrected chi connectivity index (χ4v) is 8.63. The Balaban J connectivity index is 3.71. The summed E-state index contributed by atoms with van der Waals surface area (Å²) in [7, 11) is 0. The first-order valence-electron chi connectivity index (χ1n) is 31.8. The van der Waals surface area contributed by atoms with E-state index in [-0.39, 0.29) is 12.5 Å². The van der Waals surface area contributed by atoms with E-state index in [0.29, 0.717) is 6.42 Å². The maximum atomic E-state index is 12.5. The normalized spacial score (nSPS) is 14.0. The number of carbonyl (C=O) groups is 1. The van der Waals surface area contributed by atoms with Gasteiger partial charge in [0.1, 0.15) is 0 Å². The van der Waals surface area contributed by atoms with Gasteiger partial charge in [0.15, 0.2) is 0 Å². The minimum absolute atomic E-state index is 0.103. The first-order chi connectivity index (χ1) is 38.2. The molecule has 0 aliphatic rings. The molecule has 0 saturated heterocycles. The van der Waals surface area contributed by atoms with Crippen LogP contribution in [-0.2, 0) is 4.79 Å². The molecule has 0 aromatic carbocycles. The van der Waals surface area contributed by atoms with E-state index in [1.54, 1.807) is 6.08 Å². The van der Waals surface area contributed by atoms with Crippen LogP contribution in [0.5, 0.6) is 0 Å². The fourth-order valence-electron chi connectivity index (χ4n) is 8.63. The fraction of sp³-hybridized carbons (Fsp3) is 0.603. The number of hydrogen-bond acceptors (Lipinski definition) is 3. The molecule has 0 aromatic heterocycles. The SMILES string of the molecule is CC/C=C\C/C=C\C/C=C\C/C=C\C/C=C\C/C=C\C/C=C\C/C=C\C/C=C\C/C=C\C/C=C\CCCCCCCC(=O)NC(CO)C(O)/C=C/CC/C=C/CC/C=C/CCCCCCCCCCCCCCCCCC. The number of aliphatic hydroxyl groups excluding tert-OH is 2. The summed E-state index contributed by atoms with van der Waals surface area (Å²) in [6.45, 7) is 4.17. The number of unbranched alkanes of at least 4 members (excludes halogenated alkanes) is 23. The largest absolute Gasteiger partial charge is 0.394 e. The van der Waals surface area contributed by atoms with Crippen molar-refractivity contribution in [2.45, 2.75) is 276 Å². The molecule has 4 nitrogen and oxygen atoms in total. The second-order valence-electron chi connectivity index (χ2n) is 20.7. The molecular formula is C73H119NO3. The van der Waals surface area contributed by atoms with E-state index in [4.69, 9.17) is 0 Å². The summed E-state index contributed by atoms with van der Waals surface area (Å²) in [5.74, 6) is -0.103. The molecule has 434 valence electrons. The minimum atomic E-state index is -0.893. The van der Waals surface area contributed by atoms with Crippen molar-refractivity contribution in [1.29, 1.82) is 0 Å². The number of aliphatic hydroxyl groups is 2. The molecule has 0 heterocycles. The minimum Gasteiger partial charge on any atom is -0.394 e. The van der Waals surface area contributed by atoms with Gasteiger partial charge >= 0.3 is 0 Å². The molecular weight excluding hydrogens is 939 g/mol. The standard InChI is InChI=1S/C73H119NO3/c1-3-5-7-9-11-13-15-17-19-21-23-25-27-29-31-32-33-34-35-36-37-38-39-40-41-42-43-45-47-49-51-53-55-57-59-61-63-65-67-69-73(77)74-71(70-75)72(76)68-66-64-62-60-58-56-54-52-50-48-46-44-30-28-26-24-22-20-18-16-14-12-10-8-6-4-2/h5,7,11,13,17,19,23,25,29,31,33-34,36-37,39-40,42-43,47,49-50,52-53,55,58,60,66,68,71-72,75-76H,3-4,6,8-10,12,14-16,18,20-22,24,26-28,30,32,35,38,41,44-46,48,51,54,56-57,59,61-65,67,69-70H2,1-2H3,(H,74,77)/b7-5-,13-11-,19-17-,25-23-,31-29-,34-33-,37-36-,40-39-,43-42-,49-47-,52-50+,55-53-,60-58+,68-66+. The van der Waals surface area contributed by atoms with Gasteiger partial charge in [-0.25, -0.2) is 0 Å². The third-order valence-corrected chi connectivity index (χ3v) is 13.4. The Bertz CT molecular complexity index is 1670. The average molecular weight is 1060 g/mol. The Labute approximate surface area is 477 Å². The van der Waals surface area contributed by atoms with Crippen LogP contribution in [-0.4, -0.2) is 34.9 Å². The summed E-state index contributed by atoms with van der Waals surface area (Å²) in [6, 6.07) is -0.671. The molecule has 0 bridgehead atoms. The third-order valence-electron chi connectivity index (χ3n) is 13.4. The van der Waals surface area contributed by atoms with E-state index in [0.717, 1.165) is 128 Å². The summed E-state index contributed by atoms with van der Waals surface area (Å²) in [4.78, 5) is 12.5. The van der Waals surface area contributed by atoms with Crippen molar-refractivity contribution in [3.8, 4) is 0 Å². The summed E-state index contributed by atoms with van der Waals surface area (Å²) in [6.07, 6.45) is 107. The van der Waals surface area contributed by atoms with Gasteiger partial charge in [-0.2, -0.15) is 0 Å². The monoisotopic (exact) mass is 1060 g/mol. The lowest BCUT2D eigenvalue weighted by molar-refractivity contribution is -0.123. The van der Waals surface area contributed by atoms with E-state index in [2.05, 4.69) is 177 Å². The van der Waals surface area contributed by atoms with E-state index in [1.165, 1.54) is 116 Å². The molecule has 4 heteroatoms. The van der Waals surface area contributed by atoms with Crippen LogP contribution < -0.4 is 5.32 Å². The van der Waals surface area contributed by atoms with Crippen molar-refractivity contribution in [1.82, 2.24) is 5.32 Å². The van der Waals surface area contributed by atoms with Crippen LogP contribution in [0.25, 0.3) is 0 Å². The molecule has 0 saturated carbocycles. The topological polar surface area (TPSA) is 69.6 Å². The van der Waals surface area contributed by atoms with Crippen molar-refractivity contribution in [2.75, 3.05) is 6.61 Å². The smallest absolute Gasteiger partial charge is 0.220 e. The lowest BCUT2D eigenvalue weighted by Gasteiger charge is -2.19. The van der Waals surface area contributed by atoms with Crippen LogP contribution >= 0.6 is 0 Å². The first-order valence-corrected chi connectivity index (χ1v) is 31.8. The Morgan fingerprint density at radius 2 is 0.584 bits per heavy atom. The highest BCUT2D eigenvalue weighted by Gasteiger charge is 2.18. The number of hydrogen-bond donors (Lipinski definition) is 3. The van der Waals surface area contributed by atoms with Crippen LogP contribution in [0.1, 0.15) is 264 Å². The van der Waals surface area contributed by atoms with E-state index in [9.17, 15) is 15.0 Å². The molecule has 0 spiro atoms. The molecule has 0 radical (unpaired) electrons. The van der Waals surface area contributed by atoms with Crippen LogP contribution in [0.15, 0.2) is 170 Å². The summed E-state index contributed by atoms with van der Waals surface area (Å²) < 4.78 is 0. The lowest BCUT2D eigenvalue weighted by atomic mass is 10.0. The molecule has 0 aliphatic heterocycles. The Kier molecular flexibility index (Phi) is 62.4. The predicted molar refractivity (Wildman–Crippen MR) is 344 cm³/mol. The Hall–Kier alpha value is -4.25. The lowest BCUT2D eigenvalue weighted by Crippen LogP contribution is -2.45. The number of rotatable bonds is 56. The van der Waals surface area contributed by atoms with Gasteiger partial charge in [0.2, 0.25) is 5.91 Å². The highest BCUT2D eigenvalue weighted by Crippen LogP contribution is 2.15. The number of allylic oxidation sites excluding steroid dienone is 27. The molecule has 0 rings (SSSR count). The van der Waals surface area contributed by atoms with Gasteiger partial charge in [-0.05, 0) is 128 Å². The van der Waals surface area contributed by atoms with Crippen molar-refractivity contribution < 1.29 is 15.0 Å². The number of nitrogens with one attached hydrogen (secondary N) is 1. The van der Waals surface area contributed by atoms with Crippen molar-refractivity contribution in [3.05, 3.63) is 170 Å². The molecule has 77 heavy (non-hydrogen) atoms. The predicted octanol–water partition coefficient (Wildman–Crippen LogP) is 21.9. The molecule has 0 aromatic rings. The zero-order chi connectivity index (χ0) is 55.5. The van der Waals surface area contributed by atoms with Crippen LogP contribution in [0, 0.1) is 0 Å². The number of carbonyl (C=O) groups excluding carboxylic acids is 1. The van der Waals surface area contributed by atoms with Gasteiger partial charge in [-0.3, -0.25) is 4.79 Å². The Morgan fingerprint density at radius 1 is 0.325 bits per heavy atom. The zero-order valence-corrected chi connectivity index (χ0v) is 49.9. The second kappa shape index (κ2) is 66.0. The van der Waals surface area contributed by atoms with E-state index < -0.39 is 12.1 Å². The molecule has 2 atom stereocenters. The molecule has 1 amide bonds. The maximum absolute atomic E-state index is 12.5. The number of amides is 1. The Morgan fingerprint density at radius 3 is 0.909 bits per heavy atom. The summed E-state index contributed by atoms with van der Waals surface area (Å²) in [5.41, 5.74) is 0. The molecule has 3 N–H and O–H groups in total. The van der Waals surface area contributed by atoms with Crippen molar-refractivity contribution >= 4 is 5.91 Å².